The molecule has 0 aliphatic rings. The van der Waals surface area contributed by atoms with Gasteiger partial charge < -0.3 is 31.7 Å². The van der Waals surface area contributed by atoms with E-state index in [1.807, 2.05) is 0 Å². The first kappa shape index (κ1) is 25.1. The normalized spacial score (nSPS) is 15.3. The van der Waals surface area contributed by atoms with Crippen LogP contribution in [0.3, 0.4) is 0 Å². The quantitative estimate of drug-likeness (QED) is 0.217. The van der Waals surface area contributed by atoms with Crippen LogP contribution in [0, 0.1) is 11.8 Å². The van der Waals surface area contributed by atoms with Gasteiger partial charge in [0.15, 0.2) is 0 Å². The molecule has 0 aromatic carbocycles. The molecule has 154 valence electrons. The number of aliphatic carboxylic acids is 1. The third kappa shape index (κ3) is 9.00. The lowest BCUT2D eigenvalue weighted by molar-refractivity contribution is -0.145. The van der Waals surface area contributed by atoms with Crippen LogP contribution in [0.2, 0.25) is 0 Å². The van der Waals surface area contributed by atoms with E-state index in [1.54, 1.807) is 0 Å². The molecule has 0 aliphatic heterocycles. The highest BCUT2D eigenvalue weighted by Gasteiger charge is 2.30. The van der Waals surface area contributed by atoms with Crippen LogP contribution in [-0.2, 0) is 19.2 Å². The van der Waals surface area contributed by atoms with E-state index < -0.39 is 73.4 Å². The molecule has 0 rings (SSSR count). The number of nitrogens with zero attached hydrogens (tertiary/aromatic N) is 1. The molecule has 10 nitrogen and oxygen atoms in total. The number of Topliss-reactive ketones (excluding diaryl/α,β-unsaturated/α-hetero) is 1. The first-order valence-electron chi connectivity index (χ1n) is 8.25. The number of carbonyl (C=O) groups is 4. The van der Waals surface area contributed by atoms with Crippen molar-refractivity contribution in [1.29, 1.82) is 0 Å². The number of aliphatic hydroxyl groups is 2. The van der Waals surface area contributed by atoms with Crippen LogP contribution >= 0.6 is 12.2 Å². The molecule has 4 atom stereocenters. The fourth-order valence-corrected chi connectivity index (χ4v) is 2.74. The van der Waals surface area contributed by atoms with Crippen LogP contribution in [-0.4, -0.2) is 81.0 Å². The maximum Gasteiger partial charge on any atom is 0.309 e. The van der Waals surface area contributed by atoms with Gasteiger partial charge in [0.1, 0.15) is 5.78 Å². The van der Waals surface area contributed by atoms with Gasteiger partial charge in [0.25, 0.3) is 0 Å². The Bertz CT molecular complexity index is 582. The Kier molecular flexibility index (Phi) is 10.9. The summed E-state index contributed by atoms with van der Waals surface area (Å²) in [6, 6.07) is -0.827. The maximum absolute atomic E-state index is 12.6. The molecule has 2 amide bonds. The Morgan fingerprint density at radius 2 is 1.63 bits per heavy atom. The molecule has 0 heterocycles. The Balaban J connectivity index is 5.08. The summed E-state index contributed by atoms with van der Waals surface area (Å²) >= 11 is 5.08. The zero-order valence-electron chi connectivity index (χ0n) is 15.3. The summed E-state index contributed by atoms with van der Waals surface area (Å²) < 4.78 is 0. The lowest BCUT2D eigenvalue weighted by atomic mass is 9.92. The van der Waals surface area contributed by atoms with Crippen molar-refractivity contribution in [2.45, 2.75) is 38.3 Å². The lowest BCUT2D eigenvalue weighted by Crippen LogP contribution is -2.46. The highest BCUT2D eigenvalue weighted by atomic mass is 32.1. The molecule has 0 aromatic heterocycles. The number of carboxylic acids is 1. The van der Waals surface area contributed by atoms with Crippen molar-refractivity contribution in [2.24, 2.45) is 23.3 Å². The standard InChI is InChI=1S/C16H27N3O7S/c1-8(21)14(18)12(27)6-19(2)15(24)9(5-13(17)23)3-11(22)4-10(7-20)16(25)26/h8-10,14,20-21H,3-7,18H2,1-2H3,(H2,17,23)(H,25,26)/t8?,9-,10-,14-/m1/s1. The second kappa shape index (κ2) is 11.7. The van der Waals surface area contributed by atoms with E-state index in [-0.39, 0.29) is 11.4 Å². The van der Waals surface area contributed by atoms with E-state index in [9.17, 15) is 24.3 Å². The number of ketones is 1. The predicted molar refractivity (Wildman–Crippen MR) is 99.6 cm³/mol. The molecule has 7 N–H and O–H groups in total. The fraction of sp³-hybridized carbons (Fsp3) is 0.688. The number of primary amides is 1. The molecule has 0 aromatic rings. The number of carboxylic acid groups (broad SMARTS) is 1. The first-order chi connectivity index (χ1) is 12.4. The van der Waals surface area contributed by atoms with Gasteiger partial charge in [-0.25, -0.2) is 0 Å². The first-order valence-corrected chi connectivity index (χ1v) is 8.66. The summed E-state index contributed by atoms with van der Waals surface area (Å²) in [5.74, 6) is -5.67. The van der Waals surface area contributed by atoms with Crippen molar-refractivity contribution in [1.82, 2.24) is 4.90 Å². The van der Waals surface area contributed by atoms with Crippen molar-refractivity contribution in [3.8, 4) is 0 Å². The molecule has 0 bridgehead atoms. The molecule has 0 radical (unpaired) electrons. The number of carbonyl (C=O) groups excluding carboxylic acids is 3. The van der Waals surface area contributed by atoms with Crippen LogP contribution in [0.5, 0.6) is 0 Å². The highest BCUT2D eigenvalue weighted by Crippen LogP contribution is 2.16. The zero-order valence-corrected chi connectivity index (χ0v) is 16.1. The van der Waals surface area contributed by atoms with E-state index in [0.29, 0.717) is 0 Å². The van der Waals surface area contributed by atoms with E-state index in [2.05, 4.69) is 0 Å². The zero-order chi connectivity index (χ0) is 21.3. The van der Waals surface area contributed by atoms with Gasteiger partial charge in [0.2, 0.25) is 11.8 Å². The van der Waals surface area contributed by atoms with Crippen LogP contribution in [0.15, 0.2) is 0 Å². The van der Waals surface area contributed by atoms with Gasteiger partial charge in [-0.15, -0.1) is 0 Å². The molecule has 0 aliphatic carbocycles. The average molecular weight is 405 g/mol. The monoisotopic (exact) mass is 405 g/mol. The van der Waals surface area contributed by atoms with Crippen LogP contribution < -0.4 is 11.5 Å². The average Bonchev–Trinajstić information content (AvgIpc) is 2.56. The van der Waals surface area contributed by atoms with Gasteiger partial charge in [-0.2, -0.15) is 0 Å². The highest BCUT2D eigenvalue weighted by molar-refractivity contribution is 7.80. The topological polar surface area (TPSA) is 184 Å². The lowest BCUT2D eigenvalue weighted by Gasteiger charge is -2.25. The summed E-state index contributed by atoms with van der Waals surface area (Å²) in [5, 5.41) is 27.3. The van der Waals surface area contributed by atoms with Gasteiger partial charge in [-0.1, -0.05) is 12.2 Å². The van der Waals surface area contributed by atoms with E-state index in [1.165, 1.54) is 18.9 Å². The Morgan fingerprint density at radius 3 is 2.04 bits per heavy atom. The Hall–Kier alpha value is -1.95. The number of thiocarbonyl (C=S) groups is 1. The molecule has 1 unspecified atom stereocenters. The smallest absolute Gasteiger partial charge is 0.309 e. The third-order valence-corrected chi connectivity index (χ3v) is 4.38. The van der Waals surface area contributed by atoms with Crippen LogP contribution in [0.4, 0.5) is 0 Å². The van der Waals surface area contributed by atoms with Crippen molar-refractivity contribution in [3.63, 3.8) is 0 Å². The molecule has 11 heteroatoms. The van der Waals surface area contributed by atoms with Gasteiger partial charge in [-0.3, -0.25) is 19.2 Å². The number of aliphatic hydroxyl groups excluding tert-OH is 2. The summed E-state index contributed by atoms with van der Waals surface area (Å²) in [7, 11) is 1.40. The molecule has 0 spiro atoms. The van der Waals surface area contributed by atoms with E-state index in [4.69, 9.17) is 33.9 Å². The molecular weight excluding hydrogens is 378 g/mol. The second-order valence-corrected chi connectivity index (χ2v) is 6.98. The predicted octanol–water partition coefficient (Wildman–Crippen LogP) is -1.94. The summed E-state index contributed by atoms with van der Waals surface area (Å²) in [6.45, 7) is 0.659. The Morgan fingerprint density at radius 1 is 1.11 bits per heavy atom. The molecule has 0 fully saturated rings. The van der Waals surface area contributed by atoms with E-state index >= 15 is 0 Å². The van der Waals surface area contributed by atoms with E-state index in [0.717, 1.165) is 0 Å². The minimum absolute atomic E-state index is 0.0714. The van der Waals surface area contributed by atoms with Crippen molar-refractivity contribution >= 4 is 40.6 Å². The number of amides is 2. The minimum Gasteiger partial charge on any atom is -0.481 e. The molecule has 27 heavy (non-hydrogen) atoms. The Labute approximate surface area is 162 Å². The van der Waals surface area contributed by atoms with Gasteiger partial charge in [0.05, 0.1) is 37.1 Å². The number of hydrogen-bond donors (Lipinski definition) is 5. The van der Waals surface area contributed by atoms with Crippen molar-refractivity contribution in [3.05, 3.63) is 0 Å². The minimum atomic E-state index is -1.33. The third-order valence-electron chi connectivity index (χ3n) is 3.98. The number of hydrogen-bond acceptors (Lipinski definition) is 8. The number of nitrogens with two attached hydrogens (primary N) is 2. The largest absolute Gasteiger partial charge is 0.481 e. The van der Waals surface area contributed by atoms with Gasteiger partial charge >= 0.3 is 5.97 Å². The SMILES string of the molecule is CC(O)[C@@H](N)C(=S)CN(C)C(=O)[C@@H](CC(N)=O)CC(=O)C[C@H](CO)C(=O)O. The molecule has 0 saturated heterocycles. The summed E-state index contributed by atoms with van der Waals surface area (Å²) in [6.07, 6.45) is -2.18. The molecular formula is C16H27N3O7S. The molecule has 0 saturated carbocycles. The maximum atomic E-state index is 12.6. The summed E-state index contributed by atoms with van der Waals surface area (Å²) in [5.41, 5.74) is 10.8. The van der Waals surface area contributed by atoms with Crippen molar-refractivity contribution in [2.75, 3.05) is 20.2 Å². The summed E-state index contributed by atoms with van der Waals surface area (Å²) in [4.78, 5) is 48.2. The van der Waals surface area contributed by atoms with Gasteiger partial charge in [-0.05, 0) is 6.92 Å². The second-order valence-electron chi connectivity index (χ2n) is 6.46. The van der Waals surface area contributed by atoms with Crippen LogP contribution in [0.25, 0.3) is 0 Å². The van der Waals surface area contributed by atoms with Crippen LogP contribution in [0.1, 0.15) is 26.2 Å². The number of rotatable bonds is 13. The van der Waals surface area contributed by atoms with Crippen molar-refractivity contribution < 1.29 is 34.5 Å². The van der Waals surface area contributed by atoms with Gasteiger partial charge in [0, 0.05) is 31.2 Å². The fourth-order valence-electron chi connectivity index (χ4n) is 2.35.